The van der Waals surface area contributed by atoms with E-state index in [2.05, 4.69) is 4.90 Å². The molecule has 1 atom stereocenters. The summed E-state index contributed by atoms with van der Waals surface area (Å²) in [6.45, 7) is 3.74. The number of hydrogen-bond acceptors (Lipinski definition) is 7. The van der Waals surface area contributed by atoms with Crippen molar-refractivity contribution in [2.45, 2.75) is 36.6 Å². The third kappa shape index (κ3) is 6.29. The molecule has 5 rings (SSSR count). The Balaban J connectivity index is 1.31. The highest BCUT2D eigenvalue weighted by atomic mass is 32.2. The van der Waals surface area contributed by atoms with Crippen LogP contribution in [0.25, 0.3) is 0 Å². The van der Waals surface area contributed by atoms with Gasteiger partial charge in [-0.3, -0.25) is 4.90 Å². The molecule has 0 N–H and O–H groups in total. The van der Waals surface area contributed by atoms with Crippen LogP contribution >= 0.6 is 0 Å². The quantitative estimate of drug-likeness (QED) is 0.338. The summed E-state index contributed by atoms with van der Waals surface area (Å²) in [7, 11) is -2.80. The van der Waals surface area contributed by atoms with Crippen LogP contribution in [0.4, 0.5) is 4.39 Å². The van der Waals surface area contributed by atoms with E-state index in [1.54, 1.807) is 12.1 Å². The molecule has 8 nitrogen and oxygen atoms in total. The number of hydrogen-bond donors (Lipinski definition) is 0. The molecule has 2 aliphatic rings. The highest BCUT2D eigenvalue weighted by Crippen LogP contribution is 2.37. The van der Waals surface area contributed by atoms with Crippen LogP contribution in [0, 0.1) is 5.82 Å². The Morgan fingerprint density at radius 2 is 1.55 bits per heavy atom. The van der Waals surface area contributed by atoms with Gasteiger partial charge in [0.1, 0.15) is 35.7 Å². The molecule has 10 heteroatoms. The van der Waals surface area contributed by atoms with Crippen molar-refractivity contribution in [1.29, 1.82) is 0 Å². The van der Waals surface area contributed by atoms with E-state index in [0.717, 1.165) is 25.2 Å². The first kappa shape index (κ1) is 28.1. The Kier molecular flexibility index (Phi) is 8.68. The molecule has 3 aromatic rings. The molecule has 2 heterocycles. The van der Waals surface area contributed by atoms with Gasteiger partial charge in [-0.05, 0) is 104 Å². The van der Waals surface area contributed by atoms with Gasteiger partial charge < -0.3 is 14.2 Å². The van der Waals surface area contributed by atoms with Crippen molar-refractivity contribution in [1.82, 2.24) is 9.21 Å². The summed E-state index contributed by atoms with van der Waals surface area (Å²) in [5, 5.41) is 0. The summed E-state index contributed by atoms with van der Waals surface area (Å²) < 4.78 is 58.5. The van der Waals surface area contributed by atoms with Gasteiger partial charge in [-0.2, -0.15) is 4.31 Å². The fourth-order valence-electron chi connectivity index (χ4n) is 5.21. The third-order valence-electron chi connectivity index (χ3n) is 7.33. The van der Waals surface area contributed by atoms with Gasteiger partial charge in [-0.15, -0.1) is 0 Å². The molecule has 0 aliphatic carbocycles. The molecular weight excluding hydrogens is 535 g/mol. The van der Waals surface area contributed by atoms with E-state index in [4.69, 9.17) is 14.2 Å². The Morgan fingerprint density at radius 1 is 0.900 bits per heavy atom. The van der Waals surface area contributed by atoms with Gasteiger partial charge in [0.15, 0.2) is 0 Å². The van der Waals surface area contributed by atoms with Crippen molar-refractivity contribution in [2.75, 3.05) is 39.9 Å². The first-order valence-corrected chi connectivity index (χ1v) is 14.9. The van der Waals surface area contributed by atoms with E-state index in [-0.39, 0.29) is 17.3 Å². The maximum absolute atomic E-state index is 13.7. The summed E-state index contributed by atoms with van der Waals surface area (Å²) >= 11 is 0. The first-order chi connectivity index (χ1) is 19.3. The van der Waals surface area contributed by atoms with E-state index in [1.165, 1.54) is 79.2 Å². The molecule has 1 fully saturated rings. The van der Waals surface area contributed by atoms with Gasteiger partial charge in [0, 0.05) is 13.1 Å². The lowest BCUT2D eigenvalue weighted by atomic mass is 9.94. The molecule has 40 heavy (non-hydrogen) atoms. The van der Waals surface area contributed by atoms with Gasteiger partial charge in [-0.1, -0.05) is 12.5 Å². The largest absolute Gasteiger partial charge is 0.492 e. The number of benzene rings is 3. The molecule has 212 valence electrons. The van der Waals surface area contributed by atoms with E-state index in [0.29, 0.717) is 35.8 Å². The van der Waals surface area contributed by atoms with E-state index in [9.17, 15) is 17.6 Å². The lowest BCUT2D eigenvalue weighted by molar-refractivity contribution is -0.145. The predicted molar refractivity (Wildman–Crippen MR) is 147 cm³/mol. The highest BCUT2D eigenvalue weighted by Gasteiger charge is 2.41. The van der Waals surface area contributed by atoms with Gasteiger partial charge in [0.05, 0.1) is 12.0 Å². The Hall–Kier alpha value is -3.47. The average molecular weight is 569 g/mol. The molecule has 0 amide bonds. The van der Waals surface area contributed by atoms with Crippen LogP contribution in [0.5, 0.6) is 17.2 Å². The highest BCUT2D eigenvalue weighted by molar-refractivity contribution is 7.89. The summed E-state index contributed by atoms with van der Waals surface area (Å²) in [6, 6.07) is 15.7. The Labute approximate surface area is 234 Å². The van der Waals surface area contributed by atoms with Crippen LogP contribution in [0.3, 0.4) is 0 Å². The molecule has 0 aromatic heterocycles. The number of fused-ring (bicyclic) bond motifs is 1. The van der Waals surface area contributed by atoms with Crippen LogP contribution < -0.4 is 9.47 Å². The zero-order valence-corrected chi connectivity index (χ0v) is 23.2. The molecular formula is C30H33FN2O6S. The number of nitrogens with zero attached hydrogens (tertiary/aromatic N) is 2. The van der Waals surface area contributed by atoms with E-state index in [1.807, 2.05) is 6.07 Å². The van der Waals surface area contributed by atoms with Crippen molar-refractivity contribution in [3.05, 3.63) is 83.7 Å². The summed E-state index contributed by atoms with van der Waals surface area (Å²) in [6.07, 6.45) is 4.16. The van der Waals surface area contributed by atoms with Crippen molar-refractivity contribution in [2.24, 2.45) is 0 Å². The van der Waals surface area contributed by atoms with E-state index < -0.39 is 22.0 Å². The van der Waals surface area contributed by atoms with Crippen molar-refractivity contribution < 1.29 is 31.8 Å². The zero-order valence-electron chi connectivity index (χ0n) is 22.4. The molecule has 0 saturated carbocycles. The van der Waals surface area contributed by atoms with Crippen LogP contribution in [0.1, 0.15) is 36.4 Å². The smallest absolute Gasteiger partial charge is 0.328 e. The topological polar surface area (TPSA) is 85.4 Å². The molecule has 2 aliphatic heterocycles. The fraction of sp³-hybridized carbons (Fsp3) is 0.367. The summed E-state index contributed by atoms with van der Waals surface area (Å²) in [4.78, 5) is 15.3. The van der Waals surface area contributed by atoms with Gasteiger partial charge >= 0.3 is 5.97 Å². The molecule has 0 bridgehead atoms. The summed E-state index contributed by atoms with van der Waals surface area (Å²) in [5.74, 6) is 0.484. The van der Waals surface area contributed by atoms with E-state index >= 15 is 0 Å². The van der Waals surface area contributed by atoms with Crippen LogP contribution in [0.2, 0.25) is 0 Å². The average Bonchev–Trinajstić information content (AvgIpc) is 2.98. The lowest BCUT2D eigenvalue weighted by Gasteiger charge is -2.34. The maximum Gasteiger partial charge on any atom is 0.328 e. The standard InChI is InChI=1S/C30H33FN2O6S/c1-37-30(34)29-28-14-11-26(38-20-19-32-16-3-2-4-17-32)21-22(28)15-18-33(29)40(35,36)27-12-9-25(10-13-27)39-24-7-5-23(31)6-8-24/h5-14,21,29H,2-4,15-20H2,1H3. The number of methoxy groups -OCH3 is 1. The molecule has 1 saturated heterocycles. The van der Waals surface area contributed by atoms with Crippen LogP contribution in [-0.4, -0.2) is 63.5 Å². The second-order valence-electron chi connectivity index (χ2n) is 9.93. The second kappa shape index (κ2) is 12.4. The molecule has 1 unspecified atom stereocenters. The Bertz CT molecular complexity index is 1420. The van der Waals surface area contributed by atoms with Gasteiger partial charge in [0.25, 0.3) is 0 Å². The molecule has 0 spiro atoms. The van der Waals surface area contributed by atoms with Gasteiger partial charge in [0.2, 0.25) is 10.0 Å². The Morgan fingerprint density at radius 3 is 2.23 bits per heavy atom. The number of halogens is 1. The van der Waals surface area contributed by atoms with Gasteiger partial charge in [-0.25, -0.2) is 17.6 Å². The number of carbonyl (C=O) groups is 1. The van der Waals surface area contributed by atoms with Crippen molar-refractivity contribution >= 4 is 16.0 Å². The number of esters is 1. The first-order valence-electron chi connectivity index (χ1n) is 13.5. The minimum absolute atomic E-state index is 0.0222. The number of piperidine rings is 1. The third-order valence-corrected chi connectivity index (χ3v) is 9.21. The number of ether oxygens (including phenoxy) is 3. The predicted octanol–water partition coefficient (Wildman–Crippen LogP) is 4.94. The fourth-order valence-corrected chi connectivity index (χ4v) is 6.77. The zero-order chi connectivity index (χ0) is 28.1. The second-order valence-corrected chi connectivity index (χ2v) is 11.8. The number of sulfonamides is 1. The monoisotopic (exact) mass is 568 g/mol. The normalized spacial score (nSPS) is 18.1. The van der Waals surface area contributed by atoms with Crippen LogP contribution in [0.15, 0.2) is 71.6 Å². The number of rotatable bonds is 9. The molecule has 3 aromatic carbocycles. The minimum atomic E-state index is -4.05. The van der Waals surface area contributed by atoms with Crippen molar-refractivity contribution in [3.63, 3.8) is 0 Å². The maximum atomic E-state index is 13.7. The minimum Gasteiger partial charge on any atom is -0.492 e. The molecule has 0 radical (unpaired) electrons. The number of carbonyl (C=O) groups excluding carboxylic acids is 1. The van der Waals surface area contributed by atoms with Crippen LogP contribution in [-0.2, 0) is 26.0 Å². The van der Waals surface area contributed by atoms with Crippen molar-refractivity contribution in [3.8, 4) is 17.2 Å². The summed E-state index contributed by atoms with van der Waals surface area (Å²) in [5.41, 5.74) is 1.45. The lowest BCUT2D eigenvalue weighted by Crippen LogP contribution is -2.43. The number of likely N-dealkylation sites (tertiary alicyclic amines) is 1. The SMILES string of the molecule is COC(=O)C1c2ccc(OCCN3CCCCC3)cc2CCN1S(=O)(=O)c1ccc(Oc2ccc(F)cc2)cc1.